The second-order valence-corrected chi connectivity index (χ2v) is 4.05. The Hall–Kier alpha value is -1.06. The van der Waals surface area contributed by atoms with Crippen molar-refractivity contribution in [2.75, 3.05) is 13.1 Å². The molecule has 15 heavy (non-hydrogen) atoms. The first-order valence-corrected chi connectivity index (χ1v) is 5.61. The average molecular weight is 206 g/mol. The summed E-state index contributed by atoms with van der Waals surface area (Å²) in [7, 11) is 0. The summed E-state index contributed by atoms with van der Waals surface area (Å²) < 4.78 is 0. The monoisotopic (exact) mass is 206 g/mol. The number of nitrogens with zero attached hydrogens (tertiary/aromatic N) is 1. The summed E-state index contributed by atoms with van der Waals surface area (Å²) in [5, 5.41) is 11.4. The molecule has 0 bridgehead atoms. The van der Waals surface area contributed by atoms with Gasteiger partial charge in [0.05, 0.1) is 0 Å². The van der Waals surface area contributed by atoms with Crippen LogP contribution in [-0.2, 0) is 6.54 Å². The Morgan fingerprint density at radius 2 is 1.73 bits per heavy atom. The number of hydrogen-bond donors (Lipinski definition) is 2. The van der Waals surface area contributed by atoms with Crippen molar-refractivity contribution < 1.29 is 5.11 Å². The lowest BCUT2D eigenvalue weighted by Gasteiger charge is -2.27. The average Bonchev–Trinajstić information content (AvgIpc) is 2.30. The fourth-order valence-corrected chi connectivity index (χ4v) is 1.87. The lowest BCUT2D eigenvalue weighted by Crippen LogP contribution is -2.41. The topological polar surface area (TPSA) is 35.5 Å². The summed E-state index contributed by atoms with van der Waals surface area (Å²) in [6.45, 7) is 3.15. The third kappa shape index (κ3) is 3.22. The Labute approximate surface area is 90.7 Å². The summed E-state index contributed by atoms with van der Waals surface area (Å²) >= 11 is 0. The molecule has 0 aliphatic carbocycles. The van der Waals surface area contributed by atoms with Crippen LogP contribution in [0.5, 0.6) is 5.75 Å². The number of aromatic hydroxyl groups is 1. The molecule has 0 saturated carbocycles. The largest absolute Gasteiger partial charge is 0.508 e. The van der Waals surface area contributed by atoms with Crippen LogP contribution in [0.2, 0.25) is 0 Å². The molecule has 2 rings (SSSR count). The van der Waals surface area contributed by atoms with Crippen molar-refractivity contribution in [3.8, 4) is 5.75 Å². The summed E-state index contributed by atoms with van der Waals surface area (Å²) in [4.78, 5) is 0. The number of benzene rings is 1. The van der Waals surface area contributed by atoms with Crippen molar-refractivity contribution in [3.05, 3.63) is 29.8 Å². The van der Waals surface area contributed by atoms with E-state index in [1.54, 1.807) is 12.1 Å². The Morgan fingerprint density at radius 1 is 1.07 bits per heavy atom. The summed E-state index contributed by atoms with van der Waals surface area (Å²) in [5.41, 5.74) is 4.62. The molecule has 0 radical (unpaired) electrons. The van der Waals surface area contributed by atoms with Crippen LogP contribution in [0.15, 0.2) is 24.3 Å². The Morgan fingerprint density at radius 3 is 2.40 bits per heavy atom. The minimum atomic E-state index is 0.330. The highest BCUT2D eigenvalue weighted by Gasteiger charge is 2.08. The molecule has 82 valence electrons. The zero-order chi connectivity index (χ0) is 10.5. The molecule has 1 aliphatic rings. The quantitative estimate of drug-likeness (QED) is 0.792. The van der Waals surface area contributed by atoms with E-state index in [2.05, 4.69) is 10.4 Å². The number of hydrogen-bond acceptors (Lipinski definition) is 3. The molecule has 0 amide bonds. The zero-order valence-corrected chi connectivity index (χ0v) is 8.95. The van der Waals surface area contributed by atoms with E-state index in [-0.39, 0.29) is 0 Å². The molecule has 0 spiro atoms. The van der Waals surface area contributed by atoms with Crippen molar-refractivity contribution in [3.63, 3.8) is 0 Å². The molecule has 0 atom stereocenters. The van der Waals surface area contributed by atoms with Gasteiger partial charge in [-0.05, 0) is 30.5 Å². The number of piperidine rings is 1. The highest BCUT2D eigenvalue weighted by atomic mass is 16.3. The van der Waals surface area contributed by atoms with E-state index in [9.17, 15) is 0 Å². The Balaban J connectivity index is 1.79. The van der Waals surface area contributed by atoms with E-state index in [0.717, 1.165) is 19.6 Å². The fourth-order valence-electron chi connectivity index (χ4n) is 1.87. The fraction of sp³-hybridized carbons (Fsp3) is 0.500. The van der Waals surface area contributed by atoms with E-state index >= 15 is 0 Å². The first-order chi connectivity index (χ1) is 7.34. The van der Waals surface area contributed by atoms with Gasteiger partial charge in [-0.25, -0.2) is 5.01 Å². The van der Waals surface area contributed by atoms with Gasteiger partial charge in [0.1, 0.15) is 5.75 Å². The molecule has 3 nitrogen and oxygen atoms in total. The van der Waals surface area contributed by atoms with Crippen LogP contribution in [0.4, 0.5) is 0 Å². The van der Waals surface area contributed by atoms with Gasteiger partial charge in [-0.1, -0.05) is 18.6 Å². The number of rotatable bonds is 3. The number of phenolic OH excluding ortho intramolecular Hbond substituents is 1. The first-order valence-electron chi connectivity index (χ1n) is 5.61. The Kier molecular flexibility index (Phi) is 3.59. The highest BCUT2D eigenvalue weighted by molar-refractivity contribution is 5.25. The highest BCUT2D eigenvalue weighted by Crippen LogP contribution is 2.10. The van der Waals surface area contributed by atoms with Gasteiger partial charge in [0.15, 0.2) is 0 Å². The maximum atomic E-state index is 9.14. The molecule has 1 aliphatic heterocycles. The maximum Gasteiger partial charge on any atom is 0.115 e. The predicted molar refractivity (Wildman–Crippen MR) is 60.4 cm³/mol. The van der Waals surface area contributed by atoms with E-state index in [1.165, 1.54) is 24.8 Å². The predicted octanol–water partition coefficient (Wildman–Crippen LogP) is 1.88. The second-order valence-electron chi connectivity index (χ2n) is 4.05. The van der Waals surface area contributed by atoms with Crippen molar-refractivity contribution in [2.45, 2.75) is 25.8 Å². The van der Waals surface area contributed by atoms with Crippen LogP contribution >= 0.6 is 0 Å². The van der Waals surface area contributed by atoms with Crippen LogP contribution in [0.1, 0.15) is 24.8 Å². The van der Waals surface area contributed by atoms with Gasteiger partial charge in [0.2, 0.25) is 0 Å². The lowest BCUT2D eigenvalue weighted by molar-refractivity contribution is 0.151. The van der Waals surface area contributed by atoms with Gasteiger partial charge in [0, 0.05) is 19.6 Å². The van der Waals surface area contributed by atoms with E-state index in [4.69, 9.17) is 5.11 Å². The molecule has 3 heteroatoms. The first kappa shape index (κ1) is 10.5. The van der Waals surface area contributed by atoms with Crippen LogP contribution in [0.25, 0.3) is 0 Å². The second kappa shape index (κ2) is 5.14. The molecule has 1 saturated heterocycles. The molecule has 0 aromatic heterocycles. The number of hydrazine groups is 1. The van der Waals surface area contributed by atoms with Gasteiger partial charge in [-0.2, -0.15) is 0 Å². The van der Waals surface area contributed by atoms with Crippen LogP contribution in [0, 0.1) is 0 Å². The molecule has 1 heterocycles. The smallest absolute Gasteiger partial charge is 0.115 e. The number of phenols is 1. The van der Waals surface area contributed by atoms with Crippen molar-refractivity contribution in [2.24, 2.45) is 0 Å². The van der Waals surface area contributed by atoms with Crippen LogP contribution in [0.3, 0.4) is 0 Å². The summed E-state index contributed by atoms with van der Waals surface area (Å²) in [5.74, 6) is 0.330. The third-order valence-corrected chi connectivity index (χ3v) is 2.80. The normalized spacial score (nSPS) is 17.9. The van der Waals surface area contributed by atoms with Crippen molar-refractivity contribution in [1.82, 2.24) is 10.4 Å². The van der Waals surface area contributed by atoms with Crippen LogP contribution < -0.4 is 5.43 Å². The van der Waals surface area contributed by atoms with Crippen molar-refractivity contribution in [1.29, 1.82) is 0 Å². The molecule has 1 aromatic rings. The minimum Gasteiger partial charge on any atom is -0.508 e. The summed E-state index contributed by atoms with van der Waals surface area (Å²) in [6.07, 6.45) is 3.95. The number of nitrogens with one attached hydrogen (secondary N) is 1. The van der Waals surface area contributed by atoms with Gasteiger partial charge in [-0.15, -0.1) is 0 Å². The zero-order valence-electron chi connectivity index (χ0n) is 8.95. The van der Waals surface area contributed by atoms with E-state index in [0.29, 0.717) is 5.75 Å². The van der Waals surface area contributed by atoms with E-state index < -0.39 is 0 Å². The molecular weight excluding hydrogens is 188 g/mol. The lowest BCUT2D eigenvalue weighted by atomic mass is 10.2. The maximum absolute atomic E-state index is 9.14. The minimum absolute atomic E-state index is 0.330. The molecule has 1 aromatic carbocycles. The standard InChI is InChI=1S/C12H18N2O/c15-12-6-4-11(5-7-12)10-13-14-8-2-1-3-9-14/h4-7,13,15H,1-3,8-10H2. The summed E-state index contributed by atoms with van der Waals surface area (Å²) in [6, 6.07) is 7.36. The SMILES string of the molecule is Oc1ccc(CNN2CCCCC2)cc1. The van der Waals surface area contributed by atoms with Gasteiger partial charge < -0.3 is 5.11 Å². The van der Waals surface area contributed by atoms with Gasteiger partial charge >= 0.3 is 0 Å². The molecule has 2 N–H and O–H groups in total. The molecular formula is C12H18N2O. The molecule has 0 unspecified atom stereocenters. The van der Waals surface area contributed by atoms with Gasteiger partial charge in [0.25, 0.3) is 0 Å². The molecule has 1 fully saturated rings. The Bertz CT molecular complexity index is 291. The van der Waals surface area contributed by atoms with Crippen LogP contribution in [-0.4, -0.2) is 23.2 Å². The van der Waals surface area contributed by atoms with E-state index in [1.807, 2.05) is 12.1 Å². The third-order valence-electron chi connectivity index (χ3n) is 2.80. The van der Waals surface area contributed by atoms with Gasteiger partial charge in [-0.3, -0.25) is 5.43 Å². The van der Waals surface area contributed by atoms with Crippen molar-refractivity contribution >= 4 is 0 Å².